The first-order chi connectivity index (χ1) is 10.7. The molecule has 5 heteroatoms. The maximum absolute atomic E-state index is 8.99. The van der Waals surface area contributed by atoms with E-state index in [0.29, 0.717) is 18.7 Å². The molecule has 0 atom stereocenters. The van der Waals surface area contributed by atoms with Crippen LogP contribution in [0.4, 0.5) is 0 Å². The number of imidazole rings is 1. The Morgan fingerprint density at radius 2 is 2.27 bits per heavy atom. The maximum atomic E-state index is 8.99. The SMILES string of the molecule is CCOC1=CC(C)=NCC=C1c1nc2ccc(C#N)cc2[nH]1. The molecule has 0 unspecified atom stereocenters. The number of ether oxygens (including phenoxy) is 1. The summed E-state index contributed by atoms with van der Waals surface area (Å²) in [5, 5.41) is 8.99. The Labute approximate surface area is 128 Å². The number of nitriles is 1. The van der Waals surface area contributed by atoms with Gasteiger partial charge in [0.2, 0.25) is 0 Å². The van der Waals surface area contributed by atoms with Crippen LogP contribution in [-0.4, -0.2) is 28.8 Å². The van der Waals surface area contributed by atoms with Crippen molar-refractivity contribution in [3.63, 3.8) is 0 Å². The number of aliphatic imine (C=N–C) groups is 1. The third-order valence-corrected chi connectivity index (χ3v) is 3.41. The smallest absolute Gasteiger partial charge is 0.141 e. The first-order valence-electron chi connectivity index (χ1n) is 7.17. The van der Waals surface area contributed by atoms with E-state index in [1.165, 1.54) is 0 Å². The van der Waals surface area contributed by atoms with Gasteiger partial charge in [-0.2, -0.15) is 5.26 Å². The molecule has 0 saturated carbocycles. The van der Waals surface area contributed by atoms with Crippen molar-refractivity contribution < 1.29 is 4.74 Å². The lowest BCUT2D eigenvalue weighted by Gasteiger charge is -2.09. The number of allylic oxidation sites excluding steroid dienone is 2. The summed E-state index contributed by atoms with van der Waals surface area (Å²) in [6, 6.07) is 7.55. The zero-order valence-electron chi connectivity index (χ0n) is 12.6. The molecule has 0 aliphatic carbocycles. The average molecular weight is 292 g/mol. The van der Waals surface area contributed by atoms with Crippen LogP contribution in [0.3, 0.4) is 0 Å². The Kier molecular flexibility index (Phi) is 3.75. The number of nitrogens with zero attached hydrogens (tertiary/aromatic N) is 3. The first-order valence-corrected chi connectivity index (χ1v) is 7.17. The van der Waals surface area contributed by atoms with E-state index in [2.05, 4.69) is 21.0 Å². The zero-order chi connectivity index (χ0) is 15.5. The molecule has 1 aromatic heterocycles. The number of benzene rings is 1. The van der Waals surface area contributed by atoms with Gasteiger partial charge in [0.15, 0.2) is 0 Å². The van der Waals surface area contributed by atoms with E-state index in [-0.39, 0.29) is 0 Å². The van der Waals surface area contributed by atoms with E-state index in [1.54, 1.807) is 12.1 Å². The first kappa shape index (κ1) is 14.1. The molecule has 1 N–H and O–H groups in total. The van der Waals surface area contributed by atoms with Gasteiger partial charge < -0.3 is 9.72 Å². The van der Waals surface area contributed by atoms with Crippen LogP contribution in [0, 0.1) is 11.3 Å². The van der Waals surface area contributed by atoms with Gasteiger partial charge in [-0.1, -0.05) is 0 Å². The molecule has 1 aromatic carbocycles. The van der Waals surface area contributed by atoms with Crippen molar-refractivity contribution in [2.24, 2.45) is 4.99 Å². The average Bonchev–Trinajstić information content (AvgIpc) is 2.84. The van der Waals surface area contributed by atoms with Crippen LogP contribution in [0.1, 0.15) is 25.2 Å². The number of rotatable bonds is 3. The normalized spacial score (nSPS) is 14.7. The lowest BCUT2D eigenvalue weighted by molar-refractivity contribution is 0.246. The van der Waals surface area contributed by atoms with Gasteiger partial charge in [0.1, 0.15) is 11.6 Å². The van der Waals surface area contributed by atoms with Crippen molar-refractivity contribution in [3.8, 4) is 6.07 Å². The summed E-state index contributed by atoms with van der Waals surface area (Å²) >= 11 is 0. The Morgan fingerprint density at radius 1 is 1.41 bits per heavy atom. The van der Waals surface area contributed by atoms with E-state index >= 15 is 0 Å². The Morgan fingerprint density at radius 3 is 3.05 bits per heavy atom. The highest BCUT2D eigenvalue weighted by Crippen LogP contribution is 2.26. The molecule has 0 saturated heterocycles. The van der Waals surface area contributed by atoms with Crippen molar-refractivity contribution in [1.29, 1.82) is 5.26 Å². The monoisotopic (exact) mass is 292 g/mol. The number of aromatic amines is 1. The minimum atomic E-state index is 0.579. The molecule has 0 fully saturated rings. The molecule has 0 amide bonds. The second kappa shape index (κ2) is 5.86. The van der Waals surface area contributed by atoms with Gasteiger partial charge in [0.25, 0.3) is 0 Å². The third-order valence-electron chi connectivity index (χ3n) is 3.41. The molecule has 0 bridgehead atoms. The number of aromatic nitrogens is 2. The summed E-state index contributed by atoms with van der Waals surface area (Å²) in [5.41, 5.74) is 4.10. The minimum Gasteiger partial charge on any atom is -0.493 e. The fraction of sp³-hybridized carbons (Fsp3) is 0.235. The molecule has 2 aromatic rings. The van der Waals surface area contributed by atoms with E-state index in [1.807, 2.05) is 32.1 Å². The van der Waals surface area contributed by atoms with Crippen molar-refractivity contribution >= 4 is 22.3 Å². The number of fused-ring (bicyclic) bond motifs is 1. The summed E-state index contributed by atoms with van der Waals surface area (Å²) in [5.74, 6) is 1.50. The van der Waals surface area contributed by atoms with Crippen molar-refractivity contribution in [2.75, 3.05) is 13.2 Å². The van der Waals surface area contributed by atoms with Crippen LogP contribution in [-0.2, 0) is 4.74 Å². The van der Waals surface area contributed by atoms with E-state index in [0.717, 1.165) is 33.9 Å². The van der Waals surface area contributed by atoms with Crippen LogP contribution in [0.5, 0.6) is 0 Å². The fourth-order valence-corrected chi connectivity index (χ4v) is 2.39. The van der Waals surface area contributed by atoms with Crippen LogP contribution in [0.15, 0.2) is 41.1 Å². The molecule has 22 heavy (non-hydrogen) atoms. The maximum Gasteiger partial charge on any atom is 0.141 e. The second-order valence-corrected chi connectivity index (χ2v) is 4.97. The van der Waals surface area contributed by atoms with E-state index in [4.69, 9.17) is 10.00 Å². The molecule has 110 valence electrons. The number of H-pyrrole nitrogens is 1. The largest absolute Gasteiger partial charge is 0.493 e. The van der Waals surface area contributed by atoms with Crippen molar-refractivity contribution in [1.82, 2.24) is 9.97 Å². The van der Waals surface area contributed by atoms with Gasteiger partial charge >= 0.3 is 0 Å². The molecule has 3 rings (SSSR count). The highest BCUT2D eigenvalue weighted by atomic mass is 16.5. The minimum absolute atomic E-state index is 0.579. The summed E-state index contributed by atoms with van der Waals surface area (Å²) in [4.78, 5) is 12.3. The Hall–Kier alpha value is -2.87. The number of hydrogen-bond acceptors (Lipinski definition) is 4. The lowest BCUT2D eigenvalue weighted by Crippen LogP contribution is -1.99. The zero-order valence-corrected chi connectivity index (χ0v) is 12.6. The standard InChI is InChI=1S/C17H16N4O/c1-3-22-16-8-11(2)19-7-6-13(16)17-20-14-5-4-12(10-18)9-15(14)21-17/h4-6,8-9H,3,7H2,1-2H3,(H,20,21). The van der Waals surface area contributed by atoms with Gasteiger partial charge in [-0.15, -0.1) is 0 Å². The number of hydrogen-bond donors (Lipinski definition) is 1. The third kappa shape index (κ3) is 2.63. The topological polar surface area (TPSA) is 74.1 Å². The number of nitrogens with one attached hydrogen (secondary N) is 1. The molecule has 2 heterocycles. The summed E-state index contributed by atoms with van der Waals surface area (Å²) in [7, 11) is 0. The quantitative estimate of drug-likeness (QED) is 0.944. The van der Waals surface area contributed by atoms with Crippen LogP contribution in [0.25, 0.3) is 16.6 Å². The molecule has 5 nitrogen and oxygen atoms in total. The van der Waals surface area contributed by atoms with Crippen molar-refractivity contribution in [3.05, 3.63) is 47.5 Å². The van der Waals surface area contributed by atoms with Gasteiger partial charge in [0.05, 0.1) is 41.4 Å². The summed E-state index contributed by atoms with van der Waals surface area (Å²) in [6.45, 7) is 5.07. The van der Waals surface area contributed by atoms with E-state index in [9.17, 15) is 0 Å². The van der Waals surface area contributed by atoms with Gasteiger partial charge in [-0.05, 0) is 38.1 Å². The predicted octanol–water partition coefficient (Wildman–Crippen LogP) is 3.21. The van der Waals surface area contributed by atoms with Crippen LogP contribution < -0.4 is 0 Å². The highest BCUT2D eigenvalue weighted by molar-refractivity contribution is 5.97. The molecular weight excluding hydrogens is 276 g/mol. The Bertz CT molecular complexity index is 849. The molecular formula is C17H16N4O. The van der Waals surface area contributed by atoms with Gasteiger partial charge in [0, 0.05) is 11.8 Å². The van der Waals surface area contributed by atoms with Crippen LogP contribution >= 0.6 is 0 Å². The summed E-state index contributed by atoms with van der Waals surface area (Å²) in [6.07, 6.45) is 3.93. The van der Waals surface area contributed by atoms with Crippen molar-refractivity contribution in [2.45, 2.75) is 13.8 Å². The second-order valence-electron chi connectivity index (χ2n) is 4.97. The summed E-state index contributed by atoms with van der Waals surface area (Å²) < 4.78 is 5.74. The predicted molar refractivity (Wildman–Crippen MR) is 86.5 cm³/mol. The van der Waals surface area contributed by atoms with E-state index < -0.39 is 0 Å². The molecule has 0 radical (unpaired) electrons. The van der Waals surface area contributed by atoms with Gasteiger partial charge in [-0.25, -0.2) is 4.98 Å². The molecule has 0 spiro atoms. The molecule has 1 aliphatic rings. The van der Waals surface area contributed by atoms with Crippen LogP contribution in [0.2, 0.25) is 0 Å². The highest BCUT2D eigenvalue weighted by Gasteiger charge is 2.16. The fourth-order valence-electron chi connectivity index (χ4n) is 2.39. The Balaban J connectivity index is 2.07. The lowest BCUT2D eigenvalue weighted by atomic mass is 10.1. The molecule has 1 aliphatic heterocycles. The van der Waals surface area contributed by atoms with Gasteiger partial charge in [-0.3, -0.25) is 4.99 Å².